The minimum Gasteiger partial charge on any atom is -0.323 e. The number of hydrogen-bond donors (Lipinski definition) is 1. The fourth-order valence-corrected chi connectivity index (χ4v) is 3.54. The standard InChI is InChI=1S/C14H15FN2S/c15-10-6-4-9(5-7-10)8-13-17-12-3-1-2-11(16)14(12)18-13/h4-7,11H,1-3,8,16H2. The summed E-state index contributed by atoms with van der Waals surface area (Å²) in [6.45, 7) is 0. The SMILES string of the molecule is NC1CCCc2nc(Cc3ccc(F)cc3)sc21. The largest absolute Gasteiger partial charge is 0.323 e. The highest BCUT2D eigenvalue weighted by atomic mass is 32.1. The predicted octanol–water partition coefficient (Wildman–Crippen LogP) is 3.21. The van der Waals surface area contributed by atoms with Crippen LogP contribution in [0.2, 0.25) is 0 Å². The molecule has 1 heterocycles. The molecule has 0 saturated carbocycles. The van der Waals surface area contributed by atoms with Crippen LogP contribution in [0.5, 0.6) is 0 Å². The molecule has 0 aliphatic heterocycles. The van der Waals surface area contributed by atoms with Crippen LogP contribution in [0.3, 0.4) is 0 Å². The molecule has 94 valence electrons. The summed E-state index contributed by atoms with van der Waals surface area (Å²) in [5.74, 6) is -0.195. The lowest BCUT2D eigenvalue weighted by Gasteiger charge is -2.15. The van der Waals surface area contributed by atoms with Gasteiger partial charge in [-0.2, -0.15) is 0 Å². The fourth-order valence-electron chi connectivity index (χ4n) is 2.36. The van der Waals surface area contributed by atoms with E-state index < -0.39 is 0 Å². The highest BCUT2D eigenvalue weighted by Gasteiger charge is 2.21. The van der Waals surface area contributed by atoms with Crippen LogP contribution in [0.25, 0.3) is 0 Å². The van der Waals surface area contributed by atoms with Gasteiger partial charge >= 0.3 is 0 Å². The third kappa shape index (κ3) is 2.31. The second kappa shape index (κ2) is 4.78. The van der Waals surface area contributed by atoms with Crippen LogP contribution in [0.4, 0.5) is 4.39 Å². The third-order valence-corrected chi connectivity index (χ3v) is 4.54. The molecule has 2 aromatic rings. The van der Waals surface area contributed by atoms with E-state index >= 15 is 0 Å². The van der Waals surface area contributed by atoms with Crippen molar-refractivity contribution in [3.8, 4) is 0 Å². The number of nitrogens with zero attached hydrogens (tertiary/aromatic N) is 1. The first-order valence-corrected chi connectivity index (χ1v) is 7.02. The van der Waals surface area contributed by atoms with Gasteiger partial charge in [0.15, 0.2) is 0 Å². The molecule has 0 saturated heterocycles. The molecule has 0 spiro atoms. The van der Waals surface area contributed by atoms with Gasteiger partial charge < -0.3 is 5.73 Å². The number of aryl methyl sites for hydroxylation is 1. The molecule has 0 fully saturated rings. The predicted molar refractivity (Wildman–Crippen MR) is 71.2 cm³/mol. The third-order valence-electron chi connectivity index (χ3n) is 3.31. The van der Waals surface area contributed by atoms with Crippen molar-refractivity contribution < 1.29 is 4.39 Å². The molecule has 4 heteroatoms. The summed E-state index contributed by atoms with van der Waals surface area (Å²) in [5, 5.41) is 1.09. The van der Waals surface area contributed by atoms with Crippen LogP contribution in [0.15, 0.2) is 24.3 Å². The zero-order valence-electron chi connectivity index (χ0n) is 10.0. The van der Waals surface area contributed by atoms with Crippen molar-refractivity contribution in [1.29, 1.82) is 0 Å². The summed E-state index contributed by atoms with van der Waals surface area (Å²) in [5.41, 5.74) is 8.36. The number of halogens is 1. The Bertz CT molecular complexity index is 547. The fraction of sp³-hybridized carbons (Fsp3) is 0.357. The second-order valence-corrected chi connectivity index (χ2v) is 5.84. The molecule has 2 N–H and O–H groups in total. The molecule has 18 heavy (non-hydrogen) atoms. The van der Waals surface area contributed by atoms with Gasteiger partial charge in [-0.05, 0) is 37.0 Å². The Balaban J connectivity index is 1.83. The Morgan fingerprint density at radius 3 is 2.83 bits per heavy atom. The van der Waals surface area contributed by atoms with Gasteiger partial charge in [0.05, 0.1) is 10.7 Å². The molecule has 1 aliphatic carbocycles. The maximum absolute atomic E-state index is 12.8. The van der Waals surface area contributed by atoms with E-state index in [0.29, 0.717) is 0 Å². The lowest BCUT2D eigenvalue weighted by molar-refractivity contribution is 0.573. The van der Waals surface area contributed by atoms with Crippen LogP contribution in [-0.4, -0.2) is 4.98 Å². The monoisotopic (exact) mass is 262 g/mol. The van der Waals surface area contributed by atoms with Crippen molar-refractivity contribution in [3.05, 3.63) is 51.2 Å². The Labute approximate surface area is 110 Å². The minimum atomic E-state index is -0.195. The lowest BCUT2D eigenvalue weighted by Crippen LogP contribution is -2.15. The van der Waals surface area contributed by atoms with Crippen molar-refractivity contribution in [2.75, 3.05) is 0 Å². The van der Waals surface area contributed by atoms with Crippen LogP contribution in [0, 0.1) is 5.82 Å². The van der Waals surface area contributed by atoms with E-state index in [1.165, 1.54) is 22.7 Å². The Kier molecular flexibility index (Phi) is 3.14. The van der Waals surface area contributed by atoms with Crippen molar-refractivity contribution >= 4 is 11.3 Å². The Morgan fingerprint density at radius 2 is 2.11 bits per heavy atom. The number of fused-ring (bicyclic) bond motifs is 1. The molecule has 1 aromatic carbocycles. The van der Waals surface area contributed by atoms with Crippen molar-refractivity contribution in [2.45, 2.75) is 31.7 Å². The molecule has 1 unspecified atom stereocenters. The van der Waals surface area contributed by atoms with Gasteiger partial charge in [0, 0.05) is 17.3 Å². The number of thiazole rings is 1. The van der Waals surface area contributed by atoms with E-state index in [-0.39, 0.29) is 11.9 Å². The van der Waals surface area contributed by atoms with Crippen molar-refractivity contribution in [1.82, 2.24) is 4.98 Å². The van der Waals surface area contributed by atoms with Gasteiger partial charge in [-0.25, -0.2) is 9.37 Å². The molecule has 1 atom stereocenters. The number of benzene rings is 1. The van der Waals surface area contributed by atoms with Crippen molar-refractivity contribution in [3.63, 3.8) is 0 Å². The molecular formula is C14H15FN2S. The van der Waals surface area contributed by atoms with Gasteiger partial charge in [-0.1, -0.05) is 12.1 Å². The highest BCUT2D eigenvalue weighted by molar-refractivity contribution is 7.11. The molecular weight excluding hydrogens is 247 g/mol. The van der Waals surface area contributed by atoms with E-state index in [0.717, 1.165) is 36.3 Å². The van der Waals surface area contributed by atoms with E-state index in [1.54, 1.807) is 11.3 Å². The number of nitrogens with two attached hydrogens (primary N) is 1. The summed E-state index contributed by atoms with van der Waals surface area (Å²) >= 11 is 1.71. The second-order valence-electron chi connectivity index (χ2n) is 4.72. The quantitative estimate of drug-likeness (QED) is 0.902. The molecule has 3 rings (SSSR count). The summed E-state index contributed by atoms with van der Waals surface area (Å²) < 4.78 is 12.8. The molecule has 1 aromatic heterocycles. The lowest BCUT2D eigenvalue weighted by atomic mass is 9.99. The molecule has 1 aliphatic rings. The minimum absolute atomic E-state index is 0.160. The zero-order chi connectivity index (χ0) is 12.5. The molecule has 0 amide bonds. The normalized spacial score (nSPS) is 18.7. The maximum atomic E-state index is 12.8. The Morgan fingerprint density at radius 1 is 1.33 bits per heavy atom. The first kappa shape index (κ1) is 11.8. The topological polar surface area (TPSA) is 38.9 Å². The van der Waals surface area contributed by atoms with Gasteiger partial charge in [-0.15, -0.1) is 11.3 Å². The van der Waals surface area contributed by atoms with Gasteiger partial charge in [0.2, 0.25) is 0 Å². The molecule has 0 radical (unpaired) electrons. The maximum Gasteiger partial charge on any atom is 0.123 e. The average molecular weight is 262 g/mol. The van der Waals surface area contributed by atoms with E-state index in [1.807, 2.05) is 12.1 Å². The molecule has 2 nitrogen and oxygen atoms in total. The number of rotatable bonds is 2. The van der Waals surface area contributed by atoms with Crippen molar-refractivity contribution in [2.24, 2.45) is 5.73 Å². The average Bonchev–Trinajstić information content (AvgIpc) is 2.76. The van der Waals surface area contributed by atoms with Gasteiger partial charge in [-0.3, -0.25) is 0 Å². The molecule has 0 bridgehead atoms. The van der Waals surface area contributed by atoms with E-state index in [2.05, 4.69) is 4.98 Å². The van der Waals surface area contributed by atoms with Gasteiger partial charge in [0.1, 0.15) is 5.82 Å². The van der Waals surface area contributed by atoms with Crippen LogP contribution >= 0.6 is 11.3 Å². The van der Waals surface area contributed by atoms with Crippen LogP contribution in [-0.2, 0) is 12.8 Å². The first-order chi connectivity index (χ1) is 8.72. The van der Waals surface area contributed by atoms with E-state index in [9.17, 15) is 4.39 Å². The van der Waals surface area contributed by atoms with E-state index in [4.69, 9.17) is 5.73 Å². The summed E-state index contributed by atoms with van der Waals surface area (Å²) in [4.78, 5) is 5.91. The van der Waals surface area contributed by atoms with Gasteiger partial charge in [0.25, 0.3) is 0 Å². The first-order valence-electron chi connectivity index (χ1n) is 6.21. The summed E-state index contributed by atoms with van der Waals surface area (Å²) in [7, 11) is 0. The smallest absolute Gasteiger partial charge is 0.123 e. The van der Waals surface area contributed by atoms with Crippen LogP contribution in [0.1, 0.15) is 40.0 Å². The summed E-state index contributed by atoms with van der Waals surface area (Å²) in [6, 6.07) is 6.78. The zero-order valence-corrected chi connectivity index (χ0v) is 10.8. The summed E-state index contributed by atoms with van der Waals surface area (Å²) in [6.07, 6.45) is 4.01. The number of hydrogen-bond acceptors (Lipinski definition) is 3. The highest BCUT2D eigenvalue weighted by Crippen LogP contribution is 2.33. The number of aromatic nitrogens is 1. The van der Waals surface area contributed by atoms with Crippen LogP contribution < -0.4 is 5.73 Å². The Hall–Kier alpha value is -1.26.